The van der Waals surface area contributed by atoms with Crippen molar-refractivity contribution in [3.8, 4) is 0 Å². The molecule has 6 aromatic rings. The van der Waals surface area contributed by atoms with Gasteiger partial charge in [0.1, 0.15) is 40.1 Å². The van der Waals surface area contributed by atoms with E-state index >= 15 is 0 Å². The summed E-state index contributed by atoms with van der Waals surface area (Å²) in [6, 6.07) is 16.8. The molecular weight excluding hydrogens is 2250 g/mol. The third-order valence-corrected chi connectivity index (χ3v) is 17.6. The topological polar surface area (TPSA) is 276 Å². The standard InChI is InChI=1S/C22H23FN4O5S.2C17H16FN3O2S.C7H12O3.C2H5I.2C2H5.CH3FS.CH4.5HI.2V/c1-22(13-3-5-14(23)6-4-13)17(21(30)31-2)15(25-18(26-22)19-24-7-10-33-19)11-27-8-9-32-12-16(27)20(28)29;2*1-10-13(16(22)23-3)17(2,11-4-6-12(18)7-5-11)21-14(20-10)15-19-8-9-24-15;1-9-7(8)6-3-2-4-10-5-6;1-2-3;2*1-2;1-3-2;;;;;;;;/h3-7,10,16H,8-9,11-12H2,1-2H3,(H,25,26)(H,28,29);2*4-9H,1-3H3,(H,20,21);6H,2-5H2,1H3;2H2,1H3;2*1H2,2H3;1H3;1H4;5*1H;;/q;;;;;2*-1;;;;;;;;+2;+3/p-5/t16-,22-;17-;;6-;;;;;;;;;;;;/m00.0............/s1. The molecule has 3 aromatic heterocycles. The zero-order valence-electron chi connectivity index (χ0n) is 61.2. The van der Waals surface area contributed by atoms with Gasteiger partial charge in [-0.15, -0.1) is 34.0 Å². The third-order valence-electron chi connectivity index (χ3n) is 15.3. The van der Waals surface area contributed by atoms with E-state index in [0.717, 1.165) is 19.4 Å². The van der Waals surface area contributed by atoms with Crippen molar-refractivity contribution in [1.29, 1.82) is 0 Å². The van der Waals surface area contributed by atoms with E-state index in [2.05, 4.69) is 179 Å². The first-order valence-electron chi connectivity index (χ1n) is 32.1. The fourth-order valence-corrected chi connectivity index (χ4v) is 12.5. The Balaban J connectivity index is 0.000000703. The van der Waals surface area contributed by atoms with Crippen LogP contribution in [0.5, 0.6) is 0 Å². The van der Waals surface area contributed by atoms with E-state index in [1.54, 1.807) is 99.9 Å². The Morgan fingerprint density at radius 1 is 0.633 bits per heavy atom. The van der Waals surface area contributed by atoms with Gasteiger partial charge in [-0.05, 0) is 105 Å². The number of methoxy groups -OCH3 is 4. The van der Waals surface area contributed by atoms with E-state index in [-0.39, 0.29) is 66.7 Å². The number of esters is 4. The first kappa shape index (κ1) is 104. The molecule has 601 valence electrons. The first-order valence-corrected chi connectivity index (χ1v) is 59.9. The Morgan fingerprint density at radius 2 is 0.954 bits per heavy atom. The molecule has 38 heteroatoms. The number of aliphatic carboxylic acids is 1. The Labute approximate surface area is 733 Å². The number of benzene rings is 3. The molecule has 1 unspecified atom stereocenters. The molecule has 0 aliphatic carbocycles. The van der Waals surface area contributed by atoms with Gasteiger partial charge in [0, 0.05) is 89.9 Å². The molecule has 11 rings (SSSR count). The second-order valence-electron chi connectivity index (χ2n) is 21.8. The molecule has 5 atom stereocenters. The van der Waals surface area contributed by atoms with Gasteiger partial charge in [-0.1, -0.05) is 73.3 Å². The summed E-state index contributed by atoms with van der Waals surface area (Å²) in [6.07, 6.45) is 8.27. The normalized spacial score (nSPS) is 19.4. The van der Waals surface area contributed by atoms with E-state index in [1.807, 2.05) is 24.6 Å². The number of thiazole rings is 3. The van der Waals surface area contributed by atoms with Gasteiger partial charge in [0.15, 0.2) is 32.5 Å². The van der Waals surface area contributed by atoms with Crippen molar-refractivity contribution in [3.05, 3.63) is 204 Å². The van der Waals surface area contributed by atoms with E-state index in [4.69, 9.17) is 38.7 Å². The van der Waals surface area contributed by atoms with Crippen molar-refractivity contribution in [1.82, 2.24) is 35.8 Å². The molecular formula is C71H89F4I6N10O12S4V2-2. The molecule has 0 saturated carbocycles. The number of halogens is 10. The number of aromatic nitrogens is 3. The zero-order chi connectivity index (χ0) is 81.3. The number of carboxylic acid groups (broad SMARTS) is 1. The summed E-state index contributed by atoms with van der Waals surface area (Å²) in [5.41, 5.74) is 1.43. The van der Waals surface area contributed by atoms with Gasteiger partial charge in [-0.3, -0.25) is 14.5 Å². The number of carbonyl (C=O) groups excluding carboxylic acids is 4. The average molecular weight is 2340 g/mol. The molecule has 5 aliphatic rings. The maximum atomic E-state index is 13.7. The molecule has 3 aromatic carbocycles. The number of rotatable bonds is 13. The summed E-state index contributed by atoms with van der Waals surface area (Å²) >= 11 is 18.9. The Bertz CT molecular complexity index is 3790. The number of hydrogen-bond acceptors (Lipinski definition) is 25. The van der Waals surface area contributed by atoms with Gasteiger partial charge >= 0.3 is 144 Å². The summed E-state index contributed by atoms with van der Waals surface area (Å²) in [7, 11) is 5.97. The van der Waals surface area contributed by atoms with Crippen LogP contribution in [0.25, 0.3) is 0 Å². The van der Waals surface area contributed by atoms with Crippen LogP contribution < -0.4 is 16.0 Å². The van der Waals surface area contributed by atoms with Gasteiger partial charge in [0.25, 0.3) is 0 Å². The second-order valence-corrected chi connectivity index (χ2v) is 73.5. The number of hydrogen-bond donors (Lipinski definition) is 4. The minimum atomic E-state index is -1.23. The van der Waals surface area contributed by atoms with Gasteiger partial charge < -0.3 is 63.3 Å². The maximum absolute atomic E-state index is 13.7. The number of carboxylic acids is 1. The number of aliphatic imine (C=N–C) groups is 3. The molecule has 109 heavy (non-hydrogen) atoms. The Morgan fingerprint density at radius 3 is 1.25 bits per heavy atom. The Hall–Kier alpha value is -2.97. The number of nitrogens with one attached hydrogen (secondary N) is 3. The number of morpholine rings is 1. The molecule has 8 heterocycles. The number of carbonyl (C=O) groups is 5. The summed E-state index contributed by atoms with van der Waals surface area (Å²) < 4.78 is 81.7. The van der Waals surface area contributed by atoms with Crippen LogP contribution in [0.15, 0.2) is 156 Å². The van der Waals surface area contributed by atoms with Gasteiger partial charge in [0.05, 0.1) is 70.9 Å². The molecule has 0 spiro atoms. The molecule has 22 nitrogen and oxygen atoms in total. The van der Waals surface area contributed by atoms with E-state index in [1.165, 1.54) is 110 Å². The van der Waals surface area contributed by atoms with Crippen LogP contribution in [-0.4, -0.2) is 157 Å². The molecule has 0 radical (unpaired) electrons. The summed E-state index contributed by atoms with van der Waals surface area (Å²) in [5.74, 6) is -2.28. The molecule has 2 saturated heterocycles. The van der Waals surface area contributed by atoms with Gasteiger partial charge in [0.2, 0.25) is 0 Å². The predicted octanol–water partition coefficient (Wildman–Crippen LogP) is 17.8. The number of alkyl halides is 1. The van der Waals surface area contributed by atoms with Crippen molar-refractivity contribution in [2.75, 3.05) is 78.6 Å². The summed E-state index contributed by atoms with van der Waals surface area (Å²) in [5, 5.41) is 26.6. The van der Waals surface area contributed by atoms with Gasteiger partial charge in [-0.2, -0.15) is 17.7 Å². The van der Waals surface area contributed by atoms with Crippen LogP contribution in [0.1, 0.15) is 107 Å². The van der Waals surface area contributed by atoms with Crippen molar-refractivity contribution >= 4 is 216 Å². The SMILES string of the molecule is C.CCI.COC(=O)C1=C(C)NC(c2nccs2)=NC1(C)c1ccc(F)cc1.COC(=O)C1=C(C)NC(c2nccs2)=N[C@@]1(C)c1ccc(F)cc1.COC(=O)C1=C(CN2CCOC[C@H]2C(=O)O)NC(c2nccs2)=N[C@@]1(C)c1ccc(F)cc1.COC(=O)[C@H]1CCCOC1.CSF.[CH2-]C.[CH2-]C.[I][V]([I])[I].[I][V][I]. The number of nitrogens with zero attached hydrogens (tertiary/aromatic N) is 7. The van der Waals surface area contributed by atoms with E-state index in [0.29, 0.717) is 107 Å². The number of amidine groups is 3. The third kappa shape index (κ3) is 32.2. The van der Waals surface area contributed by atoms with Crippen molar-refractivity contribution in [2.45, 2.75) is 98.3 Å². The first-order chi connectivity index (χ1) is 51.6. The van der Waals surface area contributed by atoms with Crippen LogP contribution in [0, 0.1) is 37.2 Å². The van der Waals surface area contributed by atoms with Crippen LogP contribution in [-0.2, 0) is 83.4 Å². The quantitative estimate of drug-likeness (QED) is 0.0209. The second kappa shape index (κ2) is 55.6. The fraction of sp³-hybridized carbons (Fsp3) is 0.394. The minimum absolute atomic E-state index is 0. The monoisotopic (exact) mass is 2340 g/mol. The van der Waals surface area contributed by atoms with Crippen molar-refractivity contribution < 1.29 is 88.9 Å². The fourth-order valence-electron chi connectivity index (χ4n) is 10.7. The molecule has 2 fully saturated rings. The zero-order valence-corrected chi connectivity index (χ0v) is 80.2. The molecule has 0 amide bonds. The van der Waals surface area contributed by atoms with Gasteiger partial charge in [-0.25, -0.2) is 57.5 Å². The van der Waals surface area contributed by atoms with E-state index < -0.39 is 52.4 Å². The van der Waals surface area contributed by atoms with Crippen LogP contribution in [0.2, 0.25) is 0 Å². The number of ether oxygens (including phenoxy) is 6. The average Bonchev–Trinajstić information content (AvgIpc) is 1.63. The molecule has 0 bridgehead atoms. The van der Waals surface area contributed by atoms with Crippen LogP contribution >= 0.6 is 169 Å². The number of allylic oxidation sites excluding steroid dienone is 2. The molecule has 5 aliphatic heterocycles. The van der Waals surface area contributed by atoms with E-state index in [9.17, 15) is 46.1 Å². The van der Waals surface area contributed by atoms with Crippen LogP contribution in [0.4, 0.5) is 17.1 Å². The summed E-state index contributed by atoms with van der Waals surface area (Å²) in [4.78, 5) is 89.0. The predicted molar refractivity (Wildman–Crippen MR) is 473 cm³/mol. The van der Waals surface area contributed by atoms with Crippen molar-refractivity contribution in [3.63, 3.8) is 0 Å². The van der Waals surface area contributed by atoms with Crippen LogP contribution in [0.3, 0.4) is 0 Å². The Kier molecular flexibility index (Phi) is 53.0. The van der Waals surface area contributed by atoms with Crippen molar-refractivity contribution in [2.24, 2.45) is 20.9 Å². The summed E-state index contributed by atoms with van der Waals surface area (Å²) in [6.45, 7) is 23.3. The molecule has 4 N–H and O–H groups in total.